The molecule has 1 aliphatic heterocycles. The number of amides is 2. The van der Waals surface area contributed by atoms with E-state index in [1.807, 2.05) is 6.92 Å². The van der Waals surface area contributed by atoms with Crippen LogP contribution >= 0.6 is 0 Å². The number of carbonyl (C=O) groups is 2. The molecule has 0 fully saturated rings. The number of halogens is 1. The molecule has 0 saturated heterocycles. The van der Waals surface area contributed by atoms with E-state index in [1.54, 1.807) is 6.07 Å². The molecular weight excluding hydrogens is 325 g/mol. The molecule has 3 N–H and O–H groups in total. The van der Waals surface area contributed by atoms with Gasteiger partial charge in [-0.05, 0) is 37.1 Å². The first-order chi connectivity index (χ1) is 12.0. The number of nitrogens with one attached hydrogen (secondary N) is 3. The summed E-state index contributed by atoms with van der Waals surface area (Å²) in [7, 11) is 0. The number of aryl methyl sites for hydroxylation is 2. The van der Waals surface area contributed by atoms with Crippen LogP contribution in [0, 0.1) is 12.7 Å². The molecule has 0 bridgehead atoms. The van der Waals surface area contributed by atoms with Gasteiger partial charge in [-0.2, -0.15) is 5.10 Å². The summed E-state index contributed by atoms with van der Waals surface area (Å²) in [5.74, 6) is -1.41. The molecular formula is C17H14FN5O2. The molecule has 0 atom stereocenters. The van der Waals surface area contributed by atoms with Gasteiger partial charge in [0.1, 0.15) is 5.82 Å². The lowest BCUT2D eigenvalue weighted by molar-refractivity contribution is -0.116. The smallest absolute Gasteiger partial charge is 0.258 e. The number of carbonyl (C=O) groups excluding carboxylic acids is 2. The van der Waals surface area contributed by atoms with Crippen molar-refractivity contribution < 1.29 is 14.0 Å². The molecule has 0 unspecified atom stereocenters. The van der Waals surface area contributed by atoms with Crippen molar-refractivity contribution in [2.24, 2.45) is 0 Å². The van der Waals surface area contributed by atoms with E-state index in [0.717, 1.165) is 16.6 Å². The van der Waals surface area contributed by atoms with Crippen LogP contribution in [-0.4, -0.2) is 27.0 Å². The Morgan fingerprint density at radius 1 is 1.28 bits per heavy atom. The summed E-state index contributed by atoms with van der Waals surface area (Å²) in [5.41, 5.74) is 2.92. The van der Waals surface area contributed by atoms with Crippen molar-refractivity contribution in [3.63, 3.8) is 0 Å². The van der Waals surface area contributed by atoms with Crippen molar-refractivity contribution >= 4 is 34.2 Å². The minimum atomic E-state index is -0.688. The van der Waals surface area contributed by atoms with Gasteiger partial charge in [-0.3, -0.25) is 14.7 Å². The lowest BCUT2D eigenvalue weighted by Gasteiger charge is -2.18. The highest BCUT2D eigenvalue weighted by molar-refractivity contribution is 6.06. The highest BCUT2D eigenvalue weighted by Crippen LogP contribution is 2.26. The fourth-order valence-electron chi connectivity index (χ4n) is 2.86. The molecule has 3 heterocycles. The highest BCUT2D eigenvalue weighted by Gasteiger charge is 2.21. The molecule has 7 nitrogen and oxygen atoms in total. The Bertz CT molecular complexity index is 1030. The zero-order valence-electron chi connectivity index (χ0n) is 13.3. The van der Waals surface area contributed by atoms with Gasteiger partial charge in [0, 0.05) is 23.2 Å². The van der Waals surface area contributed by atoms with Crippen LogP contribution in [0.4, 0.5) is 15.8 Å². The van der Waals surface area contributed by atoms with Gasteiger partial charge in [-0.25, -0.2) is 9.37 Å². The number of pyridine rings is 1. The second-order valence-electron chi connectivity index (χ2n) is 5.94. The van der Waals surface area contributed by atoms with Crippen molar-refractivity contribution in [1.82, 2.24) is 15.2 Å². The Morgan fingerprint density at radius 2 is 2.12 bits per heavy atom. The number of rotatable bonds is 2. The number of nitrogens with zero attached hydrogens (tertiary/aromatic N) is 2. The molecule has 0 radical (unpaired) electrons. The minimum absolute atomic E-state index is 0.0705. The number of hydrogen-bond acceptors (Lipinski definition) is 4. The molecule has 1 aromatic carbocycles. The third-order valence-electron chi connectivity index (χ3n) is 4.19. The zero-order valence-corrected chi connectivity index (χ0v) is 13.3. The maximum atomic E-state index is 14.3. The fourth-order valence-corrected chi connectivity index (χ4v) is 2.86. The van der Waals surface area contributed by atoms with E-state index in [1.165, 1.54) is 18.3 Å². The number of aromatic amines is 1. The quantitative estimate of drug-likeness (QED) is 0.668. The molecule has 0 aliphatic carbocycles. The molecule has 0 spiro atoms. The lowest BCUT2D eigenvalue weighted by atomic mass is 9.99. The summed E-state index contributed by atoms with van der Waals surface area (Å²) in [6, 6.07) is 4.40. The van der Waals surface area contributed by atoms with Crippen LogP contribution in [0.15, 0.2) is 24.4 Å². The molecule has 25 heavy (non-hydrogen) atoms. The summed E-state index contributed by atoms with van der Waals surface area (Å²) < 4.78 is 14.3. The molecule has 0 saturated carbocycles. The Kier molecular flexibility index (Phi) is 3.45. The van der Waals surface area contributed by atoms with E-state index in [-0.39, 0.29) is 11.5 Å². The van der Waals surface area contributed by atoms with Crippen LogP contribution in [0.2, 0.25) is 0 Å². The van der Waals surface area contributed by atoms with Crippen molar-refractivity contribution in [3.05, 3.63) is 47.0 Å². The summed E-state index contributed by atoms with van der Waals surface area (Å²) in [5, 5.41) is 12.9. The normalized spacial score (nSPS) is 13.4. The van der Waals surface area contributed by atoms with Gasteiger partial charge < -0.3 is 10.6 Å². The van der Waals surface area contributed by atoms with Crippen LogP contribution in [0.3, 0.4) is 0 Å². The number of benzene rings is 1. The van der Waals surface area contributed by atoms with Gasteiger partial charge in [0.2, 0.25) is 5.91 Å². The largest absolute Gasteiger partial charge is 0.326 e. The first-order valence-corrected chi connectivity index (χ1v) is 7.75. The van der Waals surface area contributed by atoms with Crippen LogP contribution in [0.25, 0.3) is 11.0 Å². The third kappa shape index (κ3) is 2.71. The predicted molar refractivity (Wildman–Crippen MR) is 89.9 cm³/mol. The van der Waals surface area contributed by atoms with Gasteiger partial charge >= 0.3 is 0 Å². The average Bonchev–Trinajstić information content (AvgIpc) is 2.95. The average molecular weight is 339 g/mol. The molecule has 2 aromatic heterocycles. The van der Waals surface area contributed by atoms with Gasteiger partial charge in [-0.15, -0.1) is 0 Å². The number of anilines is 2. The molecule has 8 heteroatoms. The van der Waals surface area contributed by atoms with E-state index in [0.29, 0.717) is 29.9 Å². The van der Waals surface area contributed by atoms with Crippen molar-refractivity contribution in [2.75, 3.05) is 10.6 Å². The van der Waals surface area contributed by atoms with Crippen molar-refractivity contribution in [3.8, 4) is 0 Å². The summed E-state index contributed by atoms with van der Waals surface area (Å²) in [4.78, 5) is 28.0. The molecule has 4 rings (SSSR count). The van der Waals surface area contributed by atoms with Gasteiger partial charge in [0.15, 0.2) is 5.65 Å². The standard InChI is InChI=1S/C17H14FN5O2/c1-8-11-5-10(7-19-16(11)23-22-8)20-17(25)12-4-9-2-3-15(24)21-14(9)6-13(12)18/h4-7H,2-3H2,1H3,(H,20,25)(H,21,24)(H,19,22,23). The van der Waals surface area contributed by atoms with E-state index < -0.39 is 11.7 Å². The molecule has 1 aliphatic rings. The first kappa shape index (κ1) is 15.3. The zero-order chi connectivity index (χ0) is 17.6. The summed E-state index contributed by atoms with van der Waals surface area (Å²) in [6.45, 7) is 1.85. The SMILES string of the molecule is Cc1[nH]nc2ncc(NC(=O)c3cc4c(cc3F)NC(=O)CC4)cc12. The topological polar surface area (TPSA) is 99.8 Å². The minimum Gasteiger partial charge on any atom is -0.326 e. The fraction of sp³-hybridized carbons (Fsp3) is 0.176. The van der Waals surface area contributed by atoms with E-state index in [4.69, 9.17) is 0 Å². The second kappa shape index (κ2) is 5.66. The van der Waals surface area contributed by atoms with E-state index >= 15 is 0 Å². The molecule has 2 amide bonds. The van der Waals surface area contributed by atoms with Gasteiger partial charge in [0.25, 0.3) is 5.91 Å². The number of aromatic nitrogens is 3. The van der Waals surface area contributed by atoms with Gasteiger partial charge in [-0.1, -0.05) is 0 Å². The number of fused-ring (bicyclic) bond motifs is 2. The summed E-state index contributed by atoms with van der Waals surface area (Å²) >= 11 is 0. The lowest BCUT2D eigenvalue weighted by Crippen LogP contribution is -2.21. The van der Waals surface area contributed by atoms with E-state index in [9.17, 15) is 14.0 Å². The monoisotopic (exact) mass is 339 g/mol. The number of H-pyrrole nitrogens is 1. The Morgan fingerprint density at radius 3 is 2.96 bits per heavy atom. The van der Waals surface area contributed by atoms with Crippen LogP contribution in [-0.2, 0) is 11.2 Å². The Labute approximate surface area is 141 Å². The van der Waals surface area contributed by atoms with E-state index in [2.05, 4.69) is 25.8 Å². The number of hydrogen-bond donors (Lipinski definition) is 3. The summed E-state index contributed by atoms with van der Waals surface area (Å²) in [6.07, 6.45) is 2.26. The van der Waals surface area contributed by atoms with Crippen LogP contribution in [0.5, 0.6) is 0 Å². The Balaban J connectivity index is 1.64. The van der Waals surface area contributed by atoms with Crippen LogP contribution < -0.4 is 10.6 Å². The first-order valence-electron chi connectivity index (χ1n) is 7.75. The predicted octanol–water partition coefficient (Wildman–Crippen LogP) is 2.54. The second-order valence-corrected chi connectivity index (χ2v) is 5.94. The van der Waals surface area contributed by atoms with Crippen molar-refractivity contribution in [1.29, 1.82) is 0 Å². The van der Waals surface area contributed by atoms with Gasteiger partial charge in [0.05, 0.1) is 17.4 Å². The Hall–Kier alpha value is -3.29. The highest BCUT2D eigenvalue weighted by atomic mass is 19.1. The maximum absolute atomic E-state index is 14.3. The van der Waals surface area contributed by atoms with Crippen LogP contribution in [0.1, 0.15) is 28.0 Å². The molecule has 126 valence electrons. The molecule has 3 aromatic rings. The maximum Gasteiger partial charge on any atom is 0.258 e. The van der Waals surface area contributed by atoms with Crippen molar-refractivity contribution in [2.45, 2.75) is 19.8 Å². The third-order valence-corrected chi connectivity index (χ3v) is 4.19.